The lowest BCUT2D eigenvalue weighted by molar-refractivity contribution is -0.0176. The fourth-order valence-corrected chi connectivity index (χ4v) is 4.04. The Balaban J connectivity index is 1.48. The molecule has 1 saturated heterocycles. The van der Waals surface area contributed by atoms with Gasteiger partial charge in [0.05, 0.1) is 25.3 Å². The van der Waals surface area contributed by atoms with Crippen LogP contribution < -0.4 is 10.6 Å². The molecule has 7 nitrogen and oxygen atoms in total. The summed E-state index contributed by atoms with van der Waals surface area (Å²) in [5.74, 6) is 0. The highest BCUT2D eigenvalue weighted by molar-refractivity contribution is 5.74. The largest absolute Gasteiger partial charge is 0.379 e. The van der Waals surface area contributed by atoms with E-state index in [0.717, 1.165) is 39.0 Å². The quantitative estimate of drug-likeness (QED) is 0.850. The van der Waals surface area contributed by atoms with Crippen LogP contribution >= 0.6 is 0 Å². The Hall–Kier alpha value is -1.60. The molecule has 0 spiro atoms. The van der Waals surface area contributed by atoms with Gasteiger partial charge in [-0.2, -0.15) is 5.10 Å². The summed E-state index contributed by atoms with van der Waals surface area (Å²) in [4.78, 5) is 14.8. The predicted molar refractivity (Wildman–Crippen MR) is 96.5 cm³/mol. The molecule has 2 heterocycles. The van der Waals surface area contributed by atoms with E-state index in [1.54, 1.807) is 6.20 Å². The number of carbonyl (C=O) groups excluding carboxylic acids is 1. The first-order chi connectivity index (χ1) is 12.1. The molecule has 1 aliphatic heterocycles. The second-order valence-electron chi connectivity index (χ2n) is 7.31. The lowest BCUT2D eigenvalue weighted by Crippen LogP contribution is -2.54. The molecule has 3 rings (SSSR count). The highest BCUT2D eigenvalue weighted by atomic mass is 16.5. The van der Waals surface area contributed by atoms with Crippen molar-refractivity contribution in [3.8, 4) is 0 Å². The molecule has 2 N–H and O–H groups in total. The SMILES string of the molecule is C[C@H](CNC(=O)N[C@@H]1CCCC[C@H]1n1cccn1)N1CCOC[C@@H]1C. The van der Waals surface area contributed by atoms with Crippen LogP contribution in [0.3, 0.4) is 0 Å². The number of aromatic nitrogens is 2. The molecule has 1 aromatic rings. The van der Waals surface area contributed by atoms with Gasteiger partial charge in [-0.05, 0) is 32.8 Å². The van der Waals surface area contributed by atoms with E-state index in [1.807, 2.05) is 16.9 Å². The summed E-state index contributed by atoms with van der Waals surface area (Å²) >= 11 is 0. The Morgan fingerprint density at radius 1 is 1.40 bits per heavy atom. The van der Waals surface area contributed by atoms with Crippen molar-refractivity contribution in [1.29, 1.82) is 0 Å². The summed E-state index contributed by atoms with van der Waals surface area (Å²) in [5, 5.41) is 10.6. The third-order valence-corrected chi connectivity index (χ3v) is 5.45. The van der Waals surface area contributed by atoms with Crippen molar-refractivity contribution >= 4 is 6.03 Å². The average molecular weight is 349 g/mol. The number of morpholine rings is 1. The number of nitrogens with one attached hydrogen (secondary N) is 2. The van der Waals surface area contributed by atoms with Crippen LogP contribution in [0.5, 0.6) is 0 Å². The second kappa shape index (κ2) is 8.67. The van der Waals surface area contributed by atoms with Gasteiger partial charge in [-0.3, -0.25) is 9.58 Å². The van der Waals surface area contributed by atoms with E-state index in [9.17, 15) is 4.79 Å². The van der Waals surface area contributed by atoms with Crippen LogP contribution in [0, 0.1) is 0 Å². The molecule has 0 unspecified atom stereocenters. The molecule has 25 heavy (non-hydrogen) atoms. The summed E-state index contributed by atoms with van der Waals surface area (Å²) < 4.78 is 7.47. The number of hydrogen-bond donors (Lipinski definition) is 2. The standard InChI is InChI=1S/C18H31N5O2/c1-14(22-10-11-25-13-15(22)2)12-19-18(24)21-16-6-3-4-7-17(16)23-9-5-8-20-23/h5,8-9,14-17H,3-4,6-7,10-13H2,1-2H3,(H2,19,21,24)/t14-,15+,16-,17-/m1/s1. The van der Waals surface area contributed by atoms with Crippen LogP contribution in [0.2, 0.25) is 0 Å². The van der Waals surface area contributed by atoms with Gasteiger partial charge in [0.1, 0.15) is 0 Å². The van der Waals surface area contributed by atoms with Gasteiger partial charge in [0.15, 0.2) is 0 Å². The Kier molecular flexibility index (Phi) is 6.31. The maximum atomic E-state index is 12.4. The molecule has 0 aromatic carbocycles. The van der Waals surface area contributed by atoms with Crippen LogP contribution in [0.4, 0.5) is 4.79 Å². The van der Waals surface area contributed by atoms with Crippen molar-refractivity contribution in [2.45, 2.75) is 63.7 Å². The number of hydrogen-bond acceptors (Lipinski definition) is 4. The number of urea groups is 1. The number of carbonyl (C=O) groups is 1. The molecular formula is C18H31N5O2. The molecule has 2 fully saturated rings. The number of nitrogens with zero attached hydrogens (tertiary/aromatic N) is 3. The molecule has 2 amide bonds. The van der Waals surface area contributed by atoms with Gasteiger partial charge in [0.25, 0.3) is 0 Å². The molecule has 0 radical (unpaired) electrons. The van der Waals surface area contributed by atoms with Gasteiger partial charge in [-0.25, -0.2) is 4.79 Å². The van der Waals surface area contributed by atoms with Gasteiger partial charge in [-0.15, -0.1) is 0 Å². The highest BCUT2D eigenvalue weighted by Gasteiger charge is 2.29. The summed E-state index contributed by atoms with van der Waals surface area (Å²) in [6, 6.07) is 2.97. The minimum Gasteiger partial charge on any atom is -0.379 e. The molecule has 1 aromatic heterocycles. The maximum Gasteiger partial charge on any atom is 0.315 e. The fourth-order valence-electron chi connectivity index (χ4n) is 4.04. The number of amides is 2. The van der Waals surface area contributed by atoms with Crippen molar-refractivity contribution in [2.75, 3.05) is 26.3 Å². The van der Waals surface area contributed by atoms with Crippen molar-refractivity contribution in [3.63, 3.8) is 0 Å². The second-order valence-corrected chi connectivity index (χ2v) is 7.31. The summed E-state index contributed by atoms with van der Waals surface area (Å²) in [7, 11) is 0. The molecule has 0 bridgehead atoms. The summed E-state index contributed by atoms with van der Waals surface area (Å²) in [6.07, 6.45) is 8.21. The lowest BCUT2D eigenvalue weighted by Gasteiger charge is -2.38. The van der Waals surface area contributed by atoms with Crippen LogP contribution in [-0.4, -0.2) is 65.1 Å². The first kappa shape index (κ1) is 18.2. The number of rotatable bonds is 5. The Morgan fingerprint density at radius 2 is 2.24 bits per heavy atom. The summed E-state index contributed by atoms with van der Waals surface area (Å²) in [6.45, 7) is 7.45. The highest BCUT2D eigenvalue weighted by Crippen LogP contribution is 2.28. The normalized spacial score (nSPS) is 29.1. The van der Waals surface area contributed by atoms with Crippen molar-refractivity contribution in [1.82, 2.24) is 25.3 Å². The zero-order chi connectivity index (χ0) is 17.6. The van der Waals surface area contributed by atoms with E-state index < -0.39 is 0 Å². The van der Waals surface area contributed by atoms with Crippen molar-refractivity contribution in [2.24, 2.45) is 0 Å². The fraction of sp³-hybridized carbons (Fsp3) is 0.778. The van der Waals surface area contributed by atoms with Gasteiger partial charge >= 0.3 is 6.03 Å². The van der Waals surface area contributed by atoms with Crippen molar-refractivity contribution in [3.05, 3.63) is 18.5 Å². The van der Waals surface area contributed by atoms with Crippen LogP contribution in [0.15, 0.2) is 18.5 Å². The first-order valence-electron chi connectivity index (χ1n) is 9.52. The van der Waals surface area contributed by atoms with Crippen LogP contribution in [0.1, 0.15) is 45.6 Å². The molecule has 4 atom stereocenters. The minimum atomic E-state index is -0.0724. The van der Waals surface area contributed by atoms with E-state index in [-0.39, 0.29) is 18.1 Å². The van der Waals surface area contributed by atoms with E-state index in [4.69, 9.17) is 4.74 Å². The van der Waals surface area contributed by atoms with Crippen LogP contribution in [-0.2, 0) is 4.74 Å². The van der Waals surface area contributed by atoms with Gasteiger partial charge in [-0.1, -0.05) is 12.8 Å². The predicted octanol–water partition coefficient (Wildman–Crippen LogP) is 1.78. The van der Waals surface area contributed by atoms with E-state index in [2.05, 4.69) is 34.5 Å². The molecule has 2 aliphatic rings. The van der Waals surface area contributed by atoms with Crippen LogP contribution in [0.25, 0.3) is 0 Å². The Bertz CT molecular complexity index is 536. The molecular weight excluding hydrogens is 318 g/mol. The maximum absolute atomic E-state index is 12.4. The molecule has 1 aliphatic carbocycles. The van der Waals surface area contributed by atoms with Gasteiger partial charge in [0.2, 0.25) is 0 Å². The zero-order valence-corrected chi connectivity index (χ0v) is 15.4. The van der Waals surface area contributed by atoms with Gasteiger partial charge < -0.3 is 15.4 Å². The van der Waals surface area contributed by atoms with Crippen molar-refractivity contribution < 1.29 is 9.53 Å². The monoisotopic (exact) mass is 349 g/mol. The minimum absolute atomic E-state index is 0.0724. The topological polar surface area (TPSA) is 71.4 Å². The first-order valence-corrected chi connectivity index (χ1v) is 9.52. The van der Waals surface area contributed by atoms with E-state index in [0.29, 0.717) is 18.6 Å². The lowest BCUT2D eigenvalue weighted by atomic mass is 9.90. The third-order valence-electron chi connectivity index (χ3n) is 5.45. The zero-order valence-electron chi connectivity index (χ0n) is 15.4. The molecule has 1 saturated carbocycles. The number of ether oxygens (including phenoxy) is 1. The average Bonchev–Trinajstić information content (AvgIpc) is 3.15. The smallest absolute Gasteiger partial charge is 0.315 e. The Labute approximate surface area is 150 Å². The van der Waals surface area contributed by atoms with E-state index >= 15 is 0 Å². The molecule has 140 valence electrons. The third kappa shape index (κ3) is 4.73. The van der Waals surface area contributed by atoms with E-state index in [1.165, 1.54) is 6.42 Å². The Morgan fingerprint density at radius 3 is 3.00 bits per heavy atom. The molecule has 7 heteroatoms. The summed E-state index contributed by atoms with van der Waals surface area (Å²) in [5.41, 5.74) is 0. The van der Waals surface area contributed by atoms with Gasteiger partial charge in [0, 0.05) is 37.6 Å².